The van der Waals surface area contributed by atoms with Crippen LogP contribution in [0, 0.1) is 6.92 Å². The van der Waals surface area contributed by atoms with Gasteiger partial charge in [-0.3, -0.25) is 14.5 Å². The number of ether oxygens (including phenoxy) is 1. The highest BCUT2D eigenvalue weighted by molar-refractivity contribution is 7.89. The van der Waals surface area contributed by atoms with Gasteiger partial charge >= 0.3 is 0 Å². The summed E-state index contributed by atoms with van der Waals surface area (Å²) in [5, 5.41) is 14.8. The lowest BCUT2D eigenvalue weighted by molar-refractivity contribution is 0.0713. The fraction of sp³-hybridized carbons (Fsp3) is 0.423. The van der Waals surface area contributed by atoms with Crippen LogP contribution in [0.2, 0.25) is 0 Å². The summed E-state index contributed by atoms with van der Waals surface area (Å²) in [7, 11) is -0.0879. The number of nitrogens with one attached hydrogen (secondary N) is 1. The number of hydrogen-bond acceptors (Lipinski definition) is 7. The van der Waals surface area contributed by atoms with Gasteiger partial charge in [-0.1, -0.05) is 35.9 Å². The maximum atomic E-state index is 13.2. The third-order valence-electron chi connectivity index (χ3n) is 6.96. The number of benzene rings is 2. The van der Waals surface area contributed by atoms with Crippen molar-refractivity contribution in [2.24, 2.45) is 7.05 Å². The lowest BCUT2D eigenvalue weighted by atomic mass is 10.1. The second-order valence-corrected chi connectivity index (χ2v) is 11.6. The van der Waals surface area contributed by atoms with Gasteiger partial charge in [0.05, 0.1) is 18.3 Å². The van der Waals surface area contributed by atoms with Crippen LogP contribution in [0.5, 0.6) is 5.75 Å². The number of aryl methyl sites for hydroxylation is 2. The number of likely N-dealkylation sites (N-methyl/N-ethyl adjacent to an activating group) is 1. The Labute approximate surface area is 212 Å². The van der Waals surface area contributed by atoms with Gasteiger partial charge in [-0.05, 0) is 37.2 Å². The molecular formula is C26H33N5O4S. The summed E-state index contributed by atoms with van der Waals surface area (Å²) in [5.74, 6) is 0.306. The van der Waals surface area contributed by atoms with Gasteiger partial charge in [0.2, 0.25) is 10.0 Å². The Morgan fingerprint density at radius 3 is 2.58 bits per heavy atom. The molecule has 192 valence electrons. The first kappa shape index (κ1) is 24.9. The van der Waals surface area contributed by atoms with Gasteiger partial charge in [0, 0.05) is 51.5 Å². The Kier molecular flexibility index (Phi) is 6.88. The van der Waals surface area contributed by atoms with E-state index < -0.39 is 16.1 Å². The molecule has 0 unspecified atom stereocenters. The predicted octanol–water partition coefficient (Wildman–Crippen LogP) is 1.61. The molecule has 1 saturated heterocycles. The molecule has 2 aliphatic heterocycles. The third kappa shape index (κ3) is 5.33. The summed E-state index contributed by atoms with van der Waals surface area (Å²) < 4.78 is 37.2. The molecule has 3 aromatic rings. The van der Waals surface area contributed by atoms with Crippen molar-refractivity contribution in [3.63, 3.8) is 0 Å². The number of hydrogen-bond donors (Lipinski definition) is 2. The van der Waals surface area contributed by atoms with E-state index >= 15 is 0 Å². The van der Waals surface area contributed by atoms with Crippen molar-refractivity contribution < 1.29 is 18.3 Å². The zero-order valence-corrected chi connectivity index (χ0v) is 21.6. The largest absolute Gasteiger partial charge is 0.486 e. The first-order valence-corrected chi connectivity index (χ1v) is 13.6. The van der Waals surface area contributed by atoms with Crippen LogP contribution in [0.4, 0.5) is 0 Å². The molecule has 0 aliphatic carbocycles. The Morgan fingerprint density at radius 2 is 1.86 bits per heavy atom. The highest BCUT2D eigenvalue weighted by Crippen LogP contribution is 2.33. The van der Waals surface area contributed by atoms with Crippen LogP contribution in [0.1, 0.15) is 11.1 Å². The summed E-state index contributed by atoms with van der Waals surface area (Å²) >= 11 is 0. The third-order valence-corrected chi connectivity index (χ3v) is 8.43. The van der Waals surface area contributed by atoms with Crippen molar-refractivity contribution in [2.45, 2.75) is 36.6 Å². The smallest absolute Gasteiger partial charge is 0.244 e. The second-order valence-electron chi connectivity index (χ2n) is 9.91. The Bertz CT molecular complexity index is 1320. The molecule has 10 heteroatoms. The van der Waals surface area contributed by atoms with E-state index in [2.05, 4.69) is 50.8 Å². The van der Waals surface area contributed by atoms with E-state index in [0.29, 0.717) is 18.8 Å². The standard InChI is InChI=1S/C26H33N5O4S/c1-18-4-6-19(7-5-18)13-31-16-23-25(17-31)35-24-10-20(21-11-27-30(3)14-21)8-9-26(24)36(33,34)28-12-22(32)15-29(23)2/h4-11,14,22-23,25,28,32H,12-13,15-17H2,1-3H3/t22-,23+,25-/m0/s1. The van der Waals surface area contributed by atoms with Crippen molar-refractivity contribution >= 4 is 10.0 Å². The van der Waals surface area contributed by atoms with Crippen molar-refractivity contribution in [2.75, 3.05) is 33.2 Å². The molecule has 2 aromatic carbocycles. The molecular weight excluding hydrogens is 478 g/mol. The summed E-state index contributed by atoms with van der Waals surface area (Å²) in [5.41, 5.74) is 4.14. The molecule has 0 amide bonds. The van der Waals surface area contributed by atoms with Gasteiger partial charge in [-0.2, -0.15) is 5.10 Å². The molecule has 3 atom stereocenters. The monoisotopic (exact) mass is 511 g/mol. The lowest BCUT2D eigenvalue weighted by Crippen LogP contribution is -2.47. The van der Waals surface area contributed by atoms with E-state index in [1.807, 2.05) is 20.3 Å². The fourth-order valence-electron chi connectivity index (χ4n) is 5.00. The first-order chi connectivity index (χ1) is 17.2. The van der Waals surface area contributed by atoms with Gasteiger partial charge in [-0.25, -0.2) is 13.1 Å². The summed E-state index contributed by atoms with van der Waals surface area (Å²) in [6, 6.07) is 13.6. The highest BCUT2D eigenvalue weighted by atomic mass is 32.2. The number of fused-ring (bicyclic) bond motifs is 2. The molecule has 9 nitrogen and oxygen atoms in total. The van der Waals surface area contributed by atoms with Crippen molar-refractivity contribution in [1.29, 1.82) is 0 Å². The van der Waals surface area contributed by atoms with Crippen molar-refractivity contribution in [1.82, 2.24) is 24.3 Å². The molecule has 0 spiro atoms. The van der Waals surface area contributed by atoms with Crippen LogP contribution in [0.15, 0.2) is 59.8 Å². The number of nitrogens with zero attached hydrogens (tertiary/aromatic N) is 4. The van der Waals surface area contributed by atoms with E-state index in [1.54, 1.807) is 29.1 Å². The number of rotatable bonds is 3. The minimum absolute atomic E-state index is 0.0131. The maximum absolute atomic E-state index is 13.2. The molecule has 0 saturated carbocycles. The van der Waals surface area contributed by atoms with E-state index in [4.69, 9.17) is 4.74 Å². The van der Waals surface area contributed by atoms with E-state index in [-0.39, 0.29) is 23.6 Å². The minimum Gasteiger partial charge on any atom is -0.486 e. The Morgan fingerprint density at radius 1 is 1.08 bits per heavy atom. The number of sulfonamides is 1. The number of aliphatic hydroxyl groups is 1. The maximum Gasteiger partial charge on any atom is 0.244 e. The summed E-state index contributed by atoms with van der Waals surface area (Å²) in [4.78, 5) is 4.48. The summed E-state index contributed by atoms with van der Waals surface area (Å²) in [6.45, 7) is 4.51. The molecule has 0 bridgehead atoms. The first-order valence-electron chi connectivity index (χ1n) is 12.1. The van der Waals surface area contributed by atoms with E-state index in [1.165, 1.54) is 11.1 Å². The summed E-state index contributed by atoms with van der Waals surface area (Å²) in [6.07, 6.45) is 2.51. The normalized spacial score (nSPS) is 24.9. The zero-order valence-electron chi connectivity index (χ0n) is 20.8. The van der Waals surface area contributed by atoms with Gasteiger partial charge in [0.1, 0.15) is 16.7 Å². The van der Waals surface area contributed by atoms with Gasteiger partial charge in [-0.15, -0.1) is 0 Å². The molecule has 0 radical (unpaired) electrons. The molecule has 2 N–H and O–H groups in total. The van der Waals surface area contributed by atoms with E-state index in [9.17, 15) is 13.5 Å². The topological polar surface area (TPSA) is 99.9 Å². The van der Waals surface area contributed by atoms with Crippen LogP contribution in [-0.4, -0.2) is 84.6 Å². The Hall–Kier alpha value is -2.76. The molecule has 36 heavy (non-hydrogen) atoms. The average molecular weight is 512 g/mol. The minimum atomic E-state index is -3.88. The molecule has 3 heterocycles. The number of aliphatic hydroxyl groups excluding tert-OH is 1. The fourth-order valence-corrected chi connectivity index (χ4v) is 6.19. The van der Waals surface area contributed by atoms with Crippen molar-refractivity contribution in [3.8, 4) is 16.9 Å². The van der Waals surface area contributed by atoms with Gasteiger partial charge in [0.15, 0.2) is 0 Å². The van der Waals surface area contributed by atoms with Gasteiger partial charge < -0.3 is 9.84 Å². The second kappa shape index (κ2) is 9.95. The Balaban J connectivity index is 1.50. The van der Waals surface area contributed by atoms with Crippen molar-refractivity contribution in [3.05, 3.63) is 66.0 Å². The number of likely N-dealkylation sites (tertiary alicyclic amines) is 1. The van der Waals surface area contributed by atoms with Gasteiger partial charge in [0.25, 0.3) is 0 Å². The molecule has 1 fully saturated rings. The average Bonchev–Trinajstić information content (AvgIpc) is 3.44. The molecule has 5 rings (SSSR count). The lowest BCUT2D eigenvalue weighted by Gasteiger charge is -2.30. The zero-order chi connectivity index (χ0) is 25.4. The van der Waals surface area contributed by atoms with Crippen LogP contribution in [0.3, 0.4) is 0 Å². The number of β-amino-alcohol motifs (C(OH)–C–C–N with tert-alkyl or cyclic N) is 1. The van der Waals surface area contributed by atoms with Crippen LogP contribution >= 0.6 is 0 Å². The predicted molar refractivity (Wildman–Crippen MR) is 137 cm³/mol. The highest BCUT2D eigenvalue weighted by Gasteiger charge is 2.39. The SMILES string of the molecule is Cc1ccc(CN2C[C@@H]3Oc4cc(-c5cnn(C)c5)ccc4S(=O)(=O)NC[C@H](O)CN(C)[C@@H]3C2)cc1. The quantitative estimate of drug-likeness (QED) is 0.551. The van der Waals surface area contributed by atoms with E-state index in [0.717, 1.165) is 24.2 Å². The molecule has 1 aromatic heterocycles. The van der Waals surface area contributed by atoms with Crippen LogP contribution < -0.4 is 9.46 Å². The van der Waals surface area contributed by atoms with Crippen LogP contribution in [-0.2, 0) is 23.6 Å². The number of aromatic nitrogens is 2. The van der Waals surface area contributed by atoms with Crippen LogP contribution in [0.25, 0.3) is 11.1 Å². The molecule has 2 aliphatic rings.